The minimum Gasteiger partial charge on any atom is -0.504 e. The third-order valence-corrected chi connectivity index (χ3v) is 2.37. The molecule has 0 saturated carbocycles. The molecule has 0 unspecified atom stereocenters. The van der Waals surface area contributed by atoms with Gasteiger partial charge >= 0.3 is 5.97 Å². The summed E-state index contributed by atoms with van der Waals surface area (Å²) in [5.74, 6) is -1.58. The van der Waals surface area contributed by atoms with Gasteiger partial charge in [0.15, 0.2) is 11.5 Å². The van der Waals surface area contributed by atoms with E-state index in [1.165, 1.54) is 29.9 Å². The highest BCUT2D eigenvalue weighted by molar-refractivity contribution is 5.87. The van der Waals surface area contributed by atoms with Crippen LogP contribution in [0.5, 0.6) is 11.5 Å². The van der Waals surface area contributed by atoms with Gasteiger partial charge in [-0.3, -0.25) is 4.68 Å². The lowest BCUT2D eigenvalue weighted by Crippen LogP contribution is -2.04. The van der Waals surface area contributed by atoms with E-state index in [4.69, 9.17) is 10.2 Å². The lowest BCUT2D eigenvalue weighted by Gasteiger charge is -1.99. The highest BCUT2D eigenvalue weighted by atomic mass is 16.4. The van der Waals surface area contributed by atoms with Gasteiger partial charge in [-0.1, -0.05) is 0 Å². The summed E-state index contributed by atoms with van der Waals surface area (Å²) >= 11 is 0. The average molecular weight is 234 g/mol. The first-order valence-corrected chi connectivity index (χ1v) is 4.78. The highest BCUT2D eigenvalue weighted by Crippen LogP contribution is 2.30. The Morgan fingerprint density at radius 2 is 1.94 bits per heavy atom. The largest absolute Gasteiger partial charge is 0.504 e. The summed E-state index contributed by atoms with van der Waals surface area (Å²) in [5.41, 5.74) is 0.996. The molecular weight excluding hydrogens is 224 g/mol. The number of rotatable bonds is 2. The molecule has 0 atom stereocenters. The van der Waals surface area contributed by atoms with Crippen molar-refractivity contribution in [3.63, 3.8) is 0 Å². The quantitative estimate of drug-likeness (QED) is 0.678. The summed E-state index contributed by atoms with van der Waals surface area (Å²) in [7, 11) is 1.52. The van der Waals surface area contributed by atoms with Crippen LogP contribution in [0.1, 0.15) is 10.5 Å². The summed E-state index contributed by atoms with van der Waals surface area (Å²) in [6, 6.07) is 5.58. The molecule has 3 N–H and O–H groups in total. The van der Waals surface area contributed by atoms with Gasteiger partial charge in [-0.25, -0.2) is 4.79 Å². The summed E-state index contributed by atoms with van der Waals surface area (Å²) in [4.78, 5) is 10.8. The van der Waals surface area contributed by atoms with Crippen molar-refractivity contribution in [3.05, 3.63) is 30.0 Å². The second-order valence-corrected chi connectivity index (χ2v) is 3.55. The molecule has 0 aliphatic rings. The Labute approximate surface area is 96.4 Å². The molecule has 2 aromatic rings. The van der Waals surface area contributed by atoms with E-state index in [0.717, 1.165) is 0 Å². The van der Waals surface area contributed by atoms with Crippen molar-refractivity contribution >= 4 is 5.97 Å². The number of carbonyl (C=O) groups is 1. The van der Waals surface area contributed by atoms with E-state index in [1.807, 2.05) is 0 Å². The number of carboxylic acids is 1. The van der Waals surface area contributed by atoms with Crippen LogP contribution in [0, 0.1) is 0 Å². The van der Waals surface area contributed by atoms with Crippen molar-refractivity contribution in [2.75, 3.05) is 0 Å². The van der Waals surface area contributed by atoms with Gasteiger partial charge in [-0.05, 0) is 24.3 Å². The van der Waals surface area contributed by atoms with Gasteiger partial charge in [-0.15, -0.1) is 0 Å². The van der Waals surface area contributed by atoms with Crippen LogP contribution in [-0.4, -0.2) is 31.1 Å². The molecule has 0 radical (unpaired) electrons. The lowest BCUT2D eigenvalue weighted by molar-refractivity contribution is 0.0685. The molecule has 0 aliphatic carbocycles. The van der Waals surface area contributed by atoms with Crippen molar-refractivity contribution in [2.24, 2.45) is 7.05 Å². The Balaban J connectivity index is 2.50. The Hall–Kier alpha value is -2.50. The fraction of sp³-hybridized carbons (Fsp3) is 0.0909. The van der Waals surface area contributed by atoms with E-state index in [0.29, 0.717) is 11.3 Å². The minimum atomic E-state index is -1.07. The van der Waals surface area contributed by atoms with E-state index in [9.17, 15) is 9.90 Å². The lowest BCUT2D eigenvalue weighted by atomic mass is 10.1. The van der Waals surface area contributed by atoms with E-state index in [2.05, 4.69) is 5.10 Å². The molecule has 17 heavy (non-hydrogen) atoms. The summed E-state index contributed by atoms with van der Waals surface area (Å²) < 4.78 is 1.24. The molecular formula is C11H10N2O4. The normalized spacial score (nSPS) is 10.4. The number of nitrogens with zero attached hydrogens (tertiary/aromatic N) is 2. The predicted octanol–water partition coefficient (Wildman–Crippen LogP) is 1.20. The Bertz CT molecular complexity index is 589. The number of phenolic OH excluding ortho intramolecular Hbond substituents is 2. The number of hydrogen-bond acceptors (Lipinski definition) is 4. The second kappa shape index (κ2) is 3.82. The first-order valence-electron chi connectivity index (χ1n) is 4.78. The summed E-state index contributed by atoms with van der Waals surface area (Å²) in [5, 5.41) is 31.4. The van der Waals surface area contributed by atoms with E-state index < -0.39 is 5.97 Å². The van der Waals surface area contributed by atoms with Crippen LogP contribution in [-0.2, 0) is 7.05 Å². The van der Waals surface area contributed by atoms with Crippen LogP contribution in [0.15, 0.2) is 24.3 Å². The van der Waals surface area contributed by atoms with Gasteiger partial charge in [0.2, 0.25) is 0 Å². The van der Waals surface area contributed by atoms with Crippen LogP contribution in [0.3, 0.4) is 0 Å². The number of aromatic nitrogens is 2. The van der Waals surface area contributed by atoms with Gasteiger partial charge < -0.3 is 15.3 Å². The molecule has 0 spiro atoms. The Morgan fingerprint density at radius 3 is 2.47 bits per heavy atom. The van der Waals surface area contributed by atoms with Crippen LogP contribution in [0.4, 0.5) is 0 Å². The maximum absolute atomic E-state index is 10.8. The van der Waals surface area contributed by atoms with Crippen LogP contribution >= 0.6 is 0 Å². The van der Waals surface area contributed by atoms with Gasteiger partial charge in [0, 0.05) is 12.6 Å². The number of aryl methyl sites for hydroxylation is 1. The summed E-state index contributed by atoms with van der Waals surface area (Å²) in [6.45, 7) is 0. The van der Waals surface area contributed by atoms with Crippen molar-refractivity contribution in [3.8, 4) is 22.8 Å². The molecule has 6 heteroatoms. The maximum Gasteiger partial charge on any atom is 0.354 e. The molecule has 0 saturated heterocycles. The van der Waals surface area contributed by atoms with Gasteiger partial charge in [0.05, 0.1) is 5.69 Å². The molecule has 6 nitrogen and oxygen atoms in total. The maximum atomic E-state index is 10.8. The SMILES string of the molecule is Cn1nc(-c2ccc(O)c(O)c2)cc1C(=O)O. The first-order chi connectivity index (χ1) is 7.99. The van der Waals surface area contributed by atoms with Crippen molar-refractivity contribution in [1.29, 1.82) is 0 Å². The van der Waals surface area contributed by atoms with Crippen LogP contribution < -0.4 is 0 Å². The van der Waals surface area contributed by atoms with E-state index >= 15 is 0 Å². The molecule has 88 valence electrons. The zero-order valence-corrected chi connectivity index (χ0v) is 8.95. The topological polar surface area (TPSA) is 95.6 Å². The molecule has 0 bridgehead atoms. The predicted molar refractivity (Wildman–Crippen MR) is 58.9 cm³/mol. The molecule has 0 amide bonds. The molecule has 1 aromatic heterocycles. The van der Waals surface area contributed by atoms with Crippen molar-refractivity contribution in [2.45, 2.75) is 0 Å². The summed E-state index contributed by atoms with van der Waals surface area (Å²) in [6.07, 6.45) is 0. The molecule has 2 rings (SSSR count). The van der Waals surface area contributed by atoms with Crippen molar-refractivity contribution in [1.82, 2.24) is 9.78 Å². The third kappa shape index (κ3) is 1.92. The number of aromatic hydroxyl groups is 2. The number of benzene rings is 1. The fourth-order valence-electron chi connectivity index (χ4n) is 1.49. The van der Waals surface area contributed by atoms with E-state index in [1.54, 1.807) is 6.07 Å². The monoisotopic (exact) mass is 234 g/mol. The highest BCUT2D eigenvalue weighted by Gasteiger charge is 2.13. The molecule has 1 heterocycles. The van der Waals surface area contributed by atoms with Gasteiger partial charge in [0.1, 0.15) is 5.69 Å². The zero-order chi connectivity index (χ0) is 12.6. The van der Waals surface area contributed by atoms with E-state index in [-0.39, 0.29) is 17.2 Å². The van der Waals surface area contributed by atoms with Crippen LogP contribution in [0.25, 0.3) is 11.3 Å². The zero-order valence-electron chi connectivity index (χ0n) is 8.95. The molecule has 0 fully saturated rings. The number of phenols is 2. The minimum absolute atomic E-state index is 0.0487. The van der Waals surface area contributed by atoms with Crippen LogP contribution in [0.2, 0.25) is 0 Å². The standard InChI is InChI=1S/C11H10N2O4/c1-13-8(11(16)17)5-7(12-13)6-2-3-9(14)10(15)4-6/h2-5,14-15H,1H3,(H,16,17). The van der Waals surface area contributed by atoms with Gasteiger partial charge in [0.25, 0.3) is 0 Å². The molecule has 1 aromatic carbocycles. The number of aromatic carboxylic acids is 1. The smallest absolute Gasteiger partial charge is 0.354 e. The average Bonchev–Trinajstić information content (AvgIpc) is 2.64. The number of carboxylic acid groups (broad SMARTS) is 1. The Morgan fingerprint density at radius 1 is 1.24 bits per heavy atom. The Kier molecular flexibility index (Phi) is 2.47. The number of hydrogen-bond donors (Lipinski definition) is 3. The van der Waals surface area contributed by atoms with Gasteiger partial charge in [-0.2, -0.15) is 5.10 Å². The first kappa shape index (κ1) is 11.0. The van der Waals surface area contributed by atoms with Crippen molar-refractivity contribution < 1.29 is 20.1 Å². The third-order valence-electron chi connectivity index (χ3n) is 2.37. The molecule has 0 aliphatic heterocycles. The fourth-order valence-corrected chi connectivity index (χ4v) is 1.49. The second-order valence-electron chi connectivity index (χ2n) is 3.55.